The smallest absolute Gasteiger partial charge is 0.225 e. The highest BCUT2D eigenvalue weighted by molar-refractivity contribution is 5.94. The van der Waals surface area contributed by atoms with Gasteiger partial charge in [0.1, 0.15) is 0 Å². The summed E-state index contributed by atoms with van der Waals surface area (Å²) in [6.07, 6.45) is 5.84. The summed E-state index contributed by atoms with van der Waals surface area (Å²) in [6.45, 7) is 7.61. The Morgan fingerprint density at radius 3 is 2.64 bits per heavy atom. The van der Waals surface area contributed by atoms with Crippen LogP contribution in [0.4, 0.5) is 5.69 Å². The third-order valence-electron chi connectivity index (χ3n) is 6.48. The predicted molar refractivity (Wildman–Crippen MR) is 135 cm³/mol. The number of nitrogens with zero attached hydrogens (tertiary/aromatic N) is 2. The largest absolute Gasteiger partial charge is 0.357 e. The second-order valence-corrected chi connectivity index (χ2v) is 9.12. The molecule has 3 N–H and O–H groups in total. The summed E-state index contributed by atoms with van der Waals surface area (Å²) in [5, 5.41) is 9.78. The van der Waals surface area contributed by atoms with Crippen LogP contribution in [0.1, 0.15) is 61.6 Å². The van der Waals surface area contributed by atoms with Crippen molar-refractivity contribution in [3.8, 4) is 0 Å². The number of hydrogen-bond donors (Lipinski definition) is 3. The van der Waals surface area contributed by atoms with Crippen molar-refractivity contribution in [1.82, 2.24) is 15.5 Å². The van der Waals surface area contributed by atoms with Crippen LogP contribution in [0.3, 0.4) is 0 Å². The molecule has 0 radical (unpaired) electrons. The Balaban J connectivity index is 1.37. The van der Waals surface area contributed by atoms with E-state index in [1.165, 1.54) is 55.5 Å². The predicted octanol–water partition coefficient (Wildman–Crippen LogP) is 4.24. The van der Waals surface area contributed by atoms with E-state index in [1.807, 2.05) is 18.2 Å². The van der Waals surface area contributed by atoms with E-state index in [4.69, 9.17) is 4.99 Å². The van der Waals surface area contributed by atoms with Crippen LogP contribution < -0.4 is 16.0 Å². The Morgan fingerprint density at radius 2 is 1.82 bits per heavy atom. The number of carbonyl (C=O) groups excluding carboxylic acids is 1. The molecule has 2 aromatic carbocycles. The molecule has 1 fully saturated rings. The van der Waals surface area contributed by atoms with Gasteiger partial charge in [-0.3, -0.25) is 9.69 Å². The first-order valence-corrected chi connectivity index (χ1v) is 12.4. The normalized spacial score (nSPS) is 19.4. The second-order valence-electron chi connectivity index (χ2n) is 9.12. The fraction of sp³-hybridized carbons (Fsp3) is 0.481. The zero-order chi connectivity index (χ0) is 22.9. The first-order valence-electron chi connectivity index (χ1n) is 12.4. The number of fused-ring (bicyclic) bond motifs is 1. The third-order valence-corrected chi connectivity index (χ3v) is 6.48. The monoisotopic (exact) mass is 447 g/mol. The molecule has 176 valence electrons. The molecule has 1 unspecified atom stereocenters. The maximum absolute atomic E-state index is 12.1. The summed E-state index contributed by atoms with van der Waals surface area (Å²) in [5.41, 5.74) is 4.69. The molecular formula is C27H37N5O. The van der Waals surface area contributed by atoms with Crippen LogP contribution >= 0.6 is 0 Å². The molecular weight excluding hydrogens is 410 g/mol. The van der Waals surface area contributed by atoms with Gasteiger partial charge in [0.05, 0.1) is 6.54 Å². The lowest BCUT2D eigenvalue weighted by atomic mass is 9.90. The van der Waals surface area contributed by atoms with Gasteiger partial charge in [0.2, 0.25) is 5.91 Å². The number of para-hydroxylation sites is 1. The van der Waals surface area contributed by atoms with Gasteiger partial charge in [-0.1, -0.05) is 55.3 Å². The van der Waals surface area contributed by atoms with Gasteiger partial charge in [0.25, 0.3) is 0 Å². The molecule has 0 aliphatic carbocycles. The Hall–Kier alpha value is -2.86. The quantitative estimate of drug-likeness (QED) is 0.439. The fourth-order valence-corrected chi connectivity index (χ4v) is 4.79. The van der Waals surface area contributed by atoms with E-state index in [0.717, 1.165) is 24.7 Å². The molecule has 1 amide bonds. The molecule has 2 heterocycles. The summed E-state index contributed by atoms with van der Waals surface area (Å²) in [7, 11) is 0. The summed E-state index contributed by atoms with van der Waals surface area (Å²) < 4.78 is 0. The lowest BCUT2D eigenvalue weighted by molar-refractivity contribution is -0.116. The van der Waals surface area contributed by atoms with E-state index < -0.39 is 0 Å². The Bertz CT molecular complexity index is 949. The summed E-state index contributed by atoms with van der Waals surface area (Å²) in [5.74, 6) is 0.998. The molecule has 0 aromatic heterocycles. The number of amides is 1. The number of hydrogen-bond acceptors (Lipinski definition) is 3. The molecule has 0 spiro atoms. The summed E-state index contributed by atoms with van der Waals surface area (Å²) in [4.78, 5) is 19.5. The van der Waals surface area contributed by atoms with Crippen LogP contribution in [-0.4, -0.2) is 42.9 Å². The number of carbonyl (C=O) groups is 1. The minimum atomic E-state index is 0.0728. The number of aliphatic imine (C=N–C) groups is 1. The standard InChI is InChI=1S/C27H37N5O/c1-2-28-27(30-19-23-17-26(33)31-25-13-6-5-12-24(23)25)29-18-21-10-9-11-22(16-21)20-32-14-7-3-4-8-15-32/h5-6,9-13,16,23H,2-4,7-8,14-15,17-20H2,1H3,(H,31,33)(H2,28,29,30). The molecule has 4 rings (SSSR count). The van der Waals surface area contributed by atoms with Crippen LogP contribution in [-0.2, 0) is 17.9 Å². The molecule has 33 heavy (non-hydrogen) atoms. The Labute approximate surface area is 197 Å². The van der Waals surface area contributed by atoms with Gasteiger partial charge in [0, 0.05) is 37.7 Å². The van der Waals surface area contributed by atoms with Crippen LogP contribution in [0.25, 0.3) is 0 Å². The zero-order valence-corrected chi connectivity index (χ0v) is 19.8. The Morgan fingerprint density at radius 1 is 1.03 bits per heavy atom. The SMILES string of the molecule is CCNC(=NCc1cccc(CN2CCCCCC2)c1)NCC1CC(=O)Nc2ccccc21. The number of rotatable bonds is 7. The van der Waals surface area contributed by atoms with Gasteiger partial charge in [-0.25, -0.2) is 4.99 Å². The molecule has 0 saturated carbocycles. The highest BCUT2D eigenvalue weighted by Gasteiger charge is 2.24. The highest BCUT2D eigenvalue weighted by atomic mass is 16.1. The van der Waals surface area contributed by atoms with Crippen molar-refractivity contribution in [3.63, 3.8) is 0 Å². The molecule has 0 bridgehead atoms. The van der Waals surface area contributed by atoms with E-state index in [-0.39, 0.29) is 11.8 Å². The van der Waals surface area contributed by atoms with Crippen molar-refractivity contribution in [1.29, 1.82) is 0 Å². The van der Waals surface area contributed by atoms with Crippen LogP contribution in [0.15, 0.2) is 53.5 Å². The van der Waals surface area contributed by atoms with Gasteiger partial charge in [-0.05, 0) is 55.6 Å². The highest BCUT2D eigenvalue weighted by Crippen LogP contribution is 2.31. The van der Waals surface area contributed by atoms with Crippen molar-refractivity contribution >= 4 is 17.6 Å². The molecule has 2 aliphatic rings. The first-order chi connectivity index (χ1) is 16.2. The maximum Gasteiger partial charge on any atom is 0.225 e. The fourth-order valence-electron chi connectivity index (χ4n) is 4.79. The number of guanidine groups is 1. The van der Waals surface area contributed by atoms with E-state index in [2.05, 4.69) is 58.1 Å². The summed E-state index contributed by atoms with van der Waals surface area (Å²) in [6, 6.07) is 16.9. The lowest BCUT2D eigenvalue weighted by Gasteiger charge is -2.26. The molecule has 1 atom stereocenters. The Kier molecular flexibility index (Phi) is 8.36. The average molecular weight is 448 g/mol. The van der Waals surface area contributed by atoms with E-state index in [9.17, 15) is 4.79 Å². The van der Waals surface area contributed by atoms with Crippen LogP contribution in [0.5, 0.6) is 0 Å². The van der Waals surface area contributed by atoms with Crippen LogP contribution in [0.2, 0.25) is 0 Å². The van der Waals surface area contributed by atoms with Crippen molar-refractivity contribution in [2.45, 2.75) is 58.0 Å². The van der Waals surface area contributed by atoms with Crippen molar-refractivity contribution in [3.05, 3.63) is 65.2 Å². The minimum Gasteiger partial charge on any atom is -0.357 e. The molecule has 1 saturated heterocycles. The zero-order valence-electron chi connectivity index (χ0n) is 19.8. The van der Waals surface area contributed by atoms with Gasteiger partial charge in [0.15, 0.2) is 5.96 Å². The molecule has 2 aromatic rings. The van der Waals surface area contributed by atoms with Crippen molar-refractivity contribution < 1.29 is 4.79 Å². The van der Waals surface area contributed by atoms with Gasteiger partial charge < -0.3 is 16.0 Å². The van der Waals surface area contributed by atoms with E-state index in [1.54, 1.807) is 0 Å². The summed E-state index contributed by atoms with van der Waals surface area (Å²) >= 11 is 0. The number of nitrogens with one attached hydrogen (secondary N) is 3. The lowest BCUT2D eigenvalue weighted by Crippen LogP contribution is -2.40. The van der Waals surface area contributed by atoms with Gasteiger partial charge >= 0.3 is 0 Å². The van der Waals surface area contributed by atoms with Crippen LogP contribution in [0, 0.1) is 0 Å². The van der Waals surface area contributed by atoms with E-state index >= 15 is 0 Å². The third kappa shape index (κ3) is 6.81. The molecule has 6 nitrogen and oxygen atoms in total. The minimum absolute atomic E-state index is 0.0728. The maximum atomic E-state index is 12.1. The second kappa shape index (κ2) is 11.8. The molecule has 2 aliphatic heterocycles. The van der Waals surface area contributed by atoms with Gasteiger partial charge in [-0.2, -0.15) is 0 Å². The molecule has 6 heteroatoms. The first kappa shape index (κ1) is 23.3. The van der Waals surface area contributed by atoms with E-state index in [0.29, 0.717) is 19.5 Å². The topological polar surface area (TPSA) is 68.8 Å². The number of anilines is 1. The number of likely N-dealkylation sites (tertiary alicyclic amines) is 1. The van der Waals surface area contributed by atoms with Crippen molar-refractivity contribution in [2.24, 2.45) is 4.99 Å². The average Bonchev–Trinajstić information content (AvgIpc) is 3.09. The van der Waals surface area contributed by atoms with Gasteiger partial charge in [-0.15, -0.1) is 0 Å². The number of benzene rings is 2. The van der Waals surface area contributed by atoms with Crippen molar-refractivity contribution in [2.75, 3.05) is 31.5 Å².